The van der Waals surface area contributed by atoms with E-state index in [1.54, 1.807) is 0 Å². The van der Waals surface area contributed by atoms with E-state index in [1.807, 2.05) is 12.1 Å². The molecule has 1 aromatic carbocycles. The third-order valence-corrected chi connectivity index (χ3v) is 3.57. The molecule has 4 nitrogen and oxygen atoms in total. The van der Waals surface area contributed by atoms with Crippen LogP contribution in [0.1, 0.15) is 20.3 Å². The maximum atomic E-state index is 5.97. The van der Waals surface area contributed by atoms with Crippen LogP contribution in [0.15, 0.2) is 18.2 Å². The second kappa shape index (κ2) is 6.66. The standard InChI is InChI=1S/C15H25N3O/c1-3-9-19-15-11-13(16)10-14(12-15)18-7-5-17(4-2)6-8-18/h10-12H,3-9,16H2,1-2H3. The van der Waals surface area contributed by atoms with Gasteiger partial charge in [-0.1, -0.05) is 13.8 Å². The van der Waals surface area contributed by atoms with Crippen molar-refractivity contribution < 1.29 is 4.74 Å². The average molecular weight is 263 g/mol. The summed E-state index contributed by atoms with van der Waals surface area (Å²) in [5, 5.41) is 0. The fourth-order valence-electron chi connectivity index (χ4n) is 2.41. The molecule has 0 bridgehead atoms. The molecule has 2 N–H and O–H groups in total. The second-order valence-electron chi connectivity index (χ2n) is 5.03. The molecule has 0 saturated carbocycles. The lowest BCUT2D eigenvalue weighted by Gasteiger charge is -2.35. The molecular formula is C15H25N3O. The highest BCUT2D eigenvalue weighted by Crippen LogP contribution is 2.26. The highest BCUT2D eigenvalue weighted by Gasteiger charge is 2.16. The predicted molar refractivity (Wildman–Crippen MR) is 81.0 cm³/mol. The fourth-order valence-corrected chi connectivity index (χ4v) is 2.41. The van der Waals surface area contributed by atoms with Crippen molar-refractivity contribution in [3.8, 4) is 5.75 Å². The van der Waals surface area contributed by atoms with Gasteiger partial charge < -0.3 is 20.3 Å². The number of nitrogen functional groups attached to an aromatic ring is 1. The summed E-state index contributed by atoms with van der Waals surface area (Å²) in [6, 6.07) is 6.05. The Morgan fingerprint density at radius 3 is 2.47 bits per heavy atom. The Balaban J connectivity index is 2.05. The zero-order chi connectivity index (χ0) is 13.7. The molecule has 106 valence electrons. The van der Waals surface area contributed by atoms with Gasteiger partial charge in [0.2, 0.25) is 0 Å². The Labute approximate surface area is 116 Å². The van der Waals surface area contributed by atoms with E-state index in [2.05, 4.69) is 29.7 Å². The first kappa shape index (κ1) is 14.0. The van der Waals surface area contributed by atoms with Gasteiger partial charge >= 0.3 is 0 Å². The summed E-state index contributed by atoms with van der Waals surface area (Å²) in [4.78, 5) is 4.86. The number of hydrogen-bond donors (Lipinski definition) is 1. The van der Waals surface area contributed by atoms with Gasteiger partial charge in [-0.25, -0.2) is 0 Å². The van der Waals surface area contributed by atoms with Crippen LogP contribution in [0.3, 0.4) is 0 Å². The van der Waals surface area contributed by atoms with Gasteiger partial charge in [0, 0.05) is 49.7 Å². The van der Waals surface area contributed by atoms with Crippen LogP contribution < -0.4 is 15.4 Å². The van der Waals surface area contributed by atoms with E-state index in [1.165, 1.54) is 5.69 Å². The first-order valence-electron chi connectivity index (χ1n) is 7.23. The Morgan fingerprint density at radius 2 is 1.84 bits per heavy atom. The summed E-state index contributed by atoms with van der Waals surface area (Å²) in [5.41, 5.74) is 7.94. The summed E-state index contributed by atoms with van der Waals surface area (Å²) in [6.45, 7) is 10.6. The summed E-state index contributed by atoms with van der Waals surface area (Å²) in [7, 11) is 0. The number of hydrogen-bond acceptors (Lipinski definition) is 4. The van der Waals surface area contributed by atoms with Crippen molar-refractivity contribution in [3.05, 3.63) is 18.2 Å². The number of benzene rings is 1. The van der Waals surface area contributed by atoms with Gasteiger partial charge in [0.25, 0.3) is 0 Å². The molecule has 4 heteroatoms. The number of likely N-dealkylation sites (N-methyl/N-ethyl adjacent to an activating group) is 1. The first-order chi connectivity index (χ1) is 9.22. The molecule has 0 spiro atoms. The molecule has 0 unspecified atom stereocenters. The smallest absolute Gasteiger partial charge is 0.123 e. The van der Waals surface area contributed by atoms with Gasteiger partial charge in [0.05, 0.1) is 6.61 Å². The second-order valence-corrected chi connectivity index (χ2v) is 5.03. The normalized spacial score (nSPS) is 16.6. The lowest BCUT2D eigenvalue weighted by Crippen LogP contribution is -2.46. The van der Waals surface area contributed by atoms with E-state index in [0.717, 1.165) is 57.2 Å². The number of anilines is 2. The Bertz CT molecular complexity index is 400. The lowest BCUT2D eigenvalue weighted by atomic mass is 10.2. The van der Waals surface area contributed by atoms with E-state index >= 15 is 0 Å². The number of piperazine rings is 1. The zero-order valence-electron chi connectivity index (χ0n) is 12.1. The van der Waals surface area contributed by atoms with Crippen molar-refractivity contribution >= 4 is 11.4 Å². The van der Waals surface area contributed by atoms with Crippen molar-refractivity contribution in [2.75, 3.05) is 50.0 Å². The highest BCUT2D eigenvalue weighted by molar-refractivity contribution is 5.60. The number of nitrogens with two attached hydrogens (primary N) is 1. The van der Waals surface area contributed by atoms with Crippen LogP contribution in [0.2, 0.25) is 0 Å². The molecule has 0 atom stereocenters. The molecule has 1 aliphatic rings. The Morgan fingerprint density at radius 1 is 1.11 bits per heavy atom. The molecule has 0 aliphatic carbocycles. The first-order valence-corrected chi connectivity index (χ1v) is 7.23. The molecule has 0 aromatic heterocycles. The van der Waals surface area contributed by atoms with Crippen LogP contribution in [0, 0.1) is 0 Å². The minimum Gasteiger partial charge on any atom is -0.493 e. The van der Waals surface area contributed by atoms with Crippen LogP contribution in [-0.2, 0) is 0 Å². The molecule has 0 radical (unpaired) electrons. The molecule has 1 heterocycles. The van der Waals surface area contributed by atoms with Crippen LogP contribution >= 0.6 is 0 Å². The van der Waals surface area contributed by atoms with Gasteiger partial charge in [-0.05, 0) is 19.0 Å². The quantitative estimate of drug-likeness (QED) is 0.827. The van der Waals surface area contributed by atoms with Crippen molar-refractivity contribution in [1.29, 1.82) is 0 Å². The van der Waals surface area contributed by atoms with E-state index < -0.39 is 0 Å². The number of rotatable bonds is 5. The summed E-state index contributed by atoms with van der Waals surface area (Å²) in [6.07, 6.45) is 1.01. The van der Waals surface area contributed by atoms with Gasteiger partial charge in [-0.3, -0.25) is 0 Å². The van der Waals surface area contributed by atoms with Crippen molar-refractivity contribution in [2.45, 2.75) is 20.3 Å². The average Bonchev–Trinajstić information content (AvgIpc) is 2.44. The molecule has 1 aliphatic heterocycles. The maximum Gasteiger partial charge on any atom is 0.123 e. The van der Waals surface area contributed by atoms with Crippen LogP contribution in [0.25, 0.3) is 0 Å². The Kier molecular flexibility index (Phi) is 4.91. The van der Waals surface area contributed by atoms with Crippen molar-refractivity contribution in [1.82, 2.24) is 4.90 Å². The topological polar surface area (TPSA) is 41.7 Å². The van der Waals surface area contributed by atoms with Crippen LogP contribution in [-0.4, -0.2) is 44.2 Å². The molecule has 0 amide bonds. The SMILES string of the molecule is CCCOc1cc(N)cc(N2CCN(CC)CC2)c1. The minimum absolute atomic E-state index is 0.743. The monoisotopic (exact) mass is 263 g/mol. The van der Waals surface area contributed by atoms with Gasteiger partial charge in [0.1, 0.15) is 5.75 Å². The van der Waals surface area contributed by atoms with E-state index in [0.29, 0.717) is 0 Å². The van der Waals surface area contributed by atoms with Crippen molar-refractivity contribution in [3.63, 3.8) is 0 Å². The van der Waals surface area contributed by atoms with E-state index in [-0.39, 0.29) is 0 Å². The van der Waals surface area contributed by atoms with Crippen LogP contribution in [0.5, 0.6) is 5.75 Å². The third-order valence-electron chi connectivity index (χ3n) is 3.57. The van der Waals surface area contributed by atoms with E-state index in [4.69, 9.17) is 10.5 Å². The summed E-state index contributed by atoms with van der Waals surface area (Å²) in [5.74, 6) is 0.884. The molecule has 1 fully saturated rings. The van der Waals surface area contributed by atoms with Crippen molar-refractivity contribution in [2.24, 2.45) is 0 Å². The van der Waals surface area contributed by atoms with Crippen LogP contribution in [0.4, 0.5) is 11.4 Å². The summed E-state index contributed by atoms with van der Waals surface area (Å²) >= 11 is 0. The molecule has 19 heavy (non-hydrogen) atoms. The molecule has 1 aromatic rings. The highest BCUT2D eigenvalue weighted by atomic mass is 16.5. The van der Waals surface area contributed by atoms with Gasteiger partial charge in [-0.2, -0.15) is 0 Å². The molecular weight excluding hydrogens is 238 g/mol. The molecule has 2 rings (SSSR count). The largest absolute Gasteiger partial charge is 0.493 e. The number of ether oxygens (including phenoxy) is 1. The van der Waals surface area contributed by atoms with Gasteiger partial charge in [0.15, 0.2) is 0 Å². The Hall–Kier alpha value is -1.42. The minimum atomic E-state index is 0.743. The predicted octanol–water partition coefficient (Wildman–Crippen LogP) is 2.20. The fraction of sp³-hybridized carbons (Fsp3) is 0.600. The zero-order valence-corrected chi connectivity index (χ0v) is 12.1. The number of nitrogens with zero attached hydrogens (tertiary/aromatic N) is 2. The third kappa shape index (κ3) is 3.77. The van der Waals surface area contributed by atoms with Gasteiger partial charge in [-0.15, -0.1) is 0 Å². The summed E-state index contributed by atoms with van der Waals surface area (Å²) < 4.78 is 5.69. The molecule has 1 saturated heterocycles. The lowest BCUT2D eigenvalue weighted by molar-refractivity contribution is 0.271. The maximum absolute atomic E-state index is 5.97. The van der Waals surface area contributed by atoms with E-state index in [9.17, 15) is 0 Å².